The number of carbonyl (C=O) groups is 3. The lowest BCUT2D eigenvalue weighted by Gasteiger charge is -2.23. The van der Waals surface area contributed by atoms with Crippen molar-refractivity contribution in [2.45, 2.75) is 59.9 Å². The fourth-order valence-corrected chi connectivity index (χ4v) is 5.48. The van der Waals surface area contributed by atoms with Crippen LogP contribution < -0.4 is 14.4 Å². The predicted octanol–water partition coefficient (Wildman–Crippen LogP) is 6.86. The Kier molecular flexibility index (Phi) is 10.6. The fourth-order valence-electron chi connectivity index (χ4n) is 4.49. The number of ketones is 1. The summed E-state index contributed by atoms with van der Waals surface area (Å²) in [6, 6.07) is 12.8. The molecule has 1 amide bonds. The molecule has 1 fully saturated rings. The first-order valence-electron chi connectivity index (χ1n) is 14.6. The molecule has 2 heterocycles. The van der Waals surface area contributed by atoms with Crippen molar-refractivity contribution in [3.8, 4) is 11.5 Å². The largest absolute Gasteiger partial charge is 0.507 e. The minimum Gasteiger partial charge on any atom is -0.507 e. The van der Waals surface area contributed by atoms with E-state index in [-0.39, 0.29) is 33.9 Å². The zero-order valence-electron chi connectivity index (χ0n) is 25.2. The molecule has 10 heteroatoms. The number of thiazole rings is 1. The number of unbranched alkanes of at least 4 members (excludes halogenated alkanes) is 1. The molecule has 1 saturated heterocycles. The maximum absolute atomic E-state index is 13.6. The standard InChI is InChI=1S/C33H38N2O7S/c1-6-8-18-41-25-15-11-23(12-16-25)28(36)26-27(22-9-13-24(14-10-22)40-17-7-2)35(31(38)29(26)37)33-34-21(5)30(43-33)32(39)42-19-20(3)4/h9-16,20,27,36H,6-8,17-19H2,1-5H3/b28-26+. The van der Waals surface area contributed by atoms with E-state index in [9.17, 15) is 19.5 Å². The van der Waals surface area contributed by atoms with E-state index < -0.39 is 23.7 Å². The molecule has 9 nitrogen and oxygen atoms in total. The number of carbonyl (C=O) groups excluding carboxylic acids is 3. The number of aliphatic hydroxyl groups excluding tert-OH is 1. The maximum Gasteiger partial charge on any atom is 0.350 e. The minimum atomic E-state index is -0.995. The molecule has 0 radical (unpaired) electrons. The monoisotopic (exact) mass is 606 g/mol. The normalized spacial score (nSPS) is 16.1. The van der Waals surface area contributed by atoms with Gasteiger partial charge in [0.25, 0.3) is 5.78 Å². The molecule has 2 aromatic carbocycles. The van der Waals surface area contributed by atoms with Gasteiger partial charge in [0.15, 0.2) is 5.13 Å². The molecule has 1 aromatic heterocycles. The summed E-state index contributed by atoms with van der Waals surface area (Å²) in [7, 11) is 0. The lowest BCUT2D eigenvalue weighted by molar-refractivity contribution is -0.132. The Hall–Kier alpha value is -4.18. The number of aliphatic hydroxyl groups is 1. The number of ether oxygens (including phenoxy) is 3. The van der Waals surface area contributed by atoms with Crippen LogP contribution in [-0.4, -0.2) is 47.6 Å². The predicted molar refractivity (Wildman–Crippen MR) is 166 cm³/mol. The Morgan fingerprint density at radius 1 is 0.977 bits per heavy atom. The summed E-state index contributed by atoms with van der Waals surface area (Å²) in [5.74, 6) is -1.14. The van der Waals surface area contributed by atoms with Crippen LogP contribution in [0.4, 0.5) is 5.13 Å². The van der Waals surface area contributed by atoms with Gasteiger partial charge in [-0.15, -0.1) is 0 Å². The number of benzene rings is 2. The Bertz CT molecular complexity index is 1480. The quantitative estimate of drug-likeness (QED) is 0.0738. The molecule has 1 aliphatic heterocycles. The Labute approximate surface area is 256 Å². The molecule has 228 valence electrons. The topological polar surface area (TPSA) is 115 Å². The van der Waals surface area contributed by atoms with Gasteiger partial charge in [0.1, 0.15) is 22.1 Å². The molecule has 0 aliphatic carbocycles. The number of nitrogens with zero attached hydrogens (tertiary/aromatic N) is 2. The highest BCUT2D eigenvalue weighted by Crippen LogP contribution is 2.44. The first-order valence-corrected chi connectivity index (χ1v) is 15.4. The molecule has 0 saturated carbocycles. The lowest BCUT2D eigenvalue weighted by atomic mass is 9.95. The third kappa shape index (κ3) is 7.25. The van der Waals surface area contributed by atoms with E-state index in [1.807, 2.05) is 20.8 Å². The summed E-state index contributed by atoms with van der Waals surface area (Å²) in [4.78, 5) is 45.9. The second-order valence-corrected chi connectivity index (χ2v) is 11.7. The van der Waals surface area contributed by atoms with Crippen LogP contribution in [0.25, 0.3) is 5.76 Å². The first-order chi connectivity index (χ1) is 20.7. The molecule has 4 rings (SSSR count). The van der Waals surface area contributed by atoms with Gasteiger partial charge in [-0.1, -0.05) is 57.6 Å². The summed E-state index contributed by atoms with van der Waals surface area (Å²) in [5, 5.41) is 11.6. The second kappa shape index (κ2) is 14.3. The lowest BCUT2D eigenvalue weighted by Crippen LogP contribution is -2.29. The molecule has 0 spiro atoms. The van der Waals surface area contributed by atoms with Gasteiger partial charge in [0.05, 0.1) is 37.1 Å². The molecule has 1 unspecified atom stereocenters. The molecular weight excluding hydrogens is 568 g/mol. The number of aryl methyl sites for hydroxylation is 1. The van der Waals surface area contributed by atoms with Crippen LogP contribution in [0.15, 0.2) is 54.1 Å². The smallest absolute Gasteiger partial charge is 0.350 e. The SMILES string of the molecule is CCCCOc1ccc(/C(O)=C2\C(=O)C(=O)N(c3nc(C)c(C(=O)OCC(C)C)s3)C2c2ccc(OCCC)cc2)cc1. The average molecular weight is 607 g/mol. The zero-order valence-corrected chi connectivity index (χ0v) is 26.0. The van der Waals surface area contributed by atoms with Crippen LogP contribution in [0.2, 0.25) is 0 Å². The highest BCUT2D eigenvalue weighted by molar-refractivity contribution is 7.17. The van der Waals surface area contributed by atoms with Crippen molar-refractivity contribution in [2.24, 2.45) is 5.92 Å². The van der Waals surface area contributed by atoms with Crippen LogP contribution in [-0.2, 0) is 14.3 Å². The molecule has 1 N–H and O–H groups in total. The van der Waals surface area contributed by atoms with Crippen LogP contribution in [0.3, 0.4) is 0 Å². The van der Waals surface area contributed by atoms with Crippen molar-refractivity contribution < 1.29 is 33.7 Å². The van der Waals surface area contributed by atoms with Crippen molar-refractivity contribution in [1.82, 2.24) is 4.98 Å². The highest BCUT2D eigenvalue weighted by Gasteiger charge is 2.48. The number of esters is 1. The van der Waals surface area contributed by atoms with Crippen LogP contribution in [0.1, 0.15) is 79.5 Å². The van der Waals surface area contributed by atoms with Crippen molar-refractivity contribution in [2.75, 3.05) is 24.7 Å². The Morgan fingerprint density at radius 3 is 2.21 bits per heavy atom. The van der Waals surface area contributed by atoms with Crippen molar-refractivity contribution in [1.29, 1.82) is 0 Å². The molecule has 1 atom stereocenters. The van der Waals surface area contributed by atoms with Gasteiger partial charge in [-0.2, -0.15) is 0 Å². The second-order valence-electron chi connectivity index (χ2n) is 10.7. The van der Waals surface area contributed by atoms with Crippen molar-refractivity contribution in [3.05, 3.63) is 75.8 Å². The van der Waals surface area contributed by atoms with Gasteiger partial charge >= 0.3 is 11.9 Å². The third-order valence-corrected chi connectivity index (χ3v) is 7.87. The highest BCUT2D eigenvalue weighted by atomic mass is 32.1. The number of rotatable bonds is 13. The third-order valence-electron chi connectivity index (χ3n) is 6.73. The maximum atomic E-state index is 13.6. The molecule has 43 heavy (non-hydrogen) atoms. The van der Waals surface area contributed by atoms with E-state index in [1.54, 1.807) is 55.5 Å². The Morgan fingerprint density at radius 2 is 1.60 bits per heavy atom. The van der Waals surface area contributed by atoms with Crippen molar-refractivity contribution >= 4 is 39.9 Å². The summed E-state index contributed by atoms with van der Waals surface area (Å²) >= 11 is 0.978. The van der Waals surface area contributed by atoms with E-state index in [1.165, 1.54) is 4.90 Å². The van der Waals surface area contributed by atoms with Gasteiger partial charge < -0.3 is 19.3 Å². The fraction of sp³-hybridized carbons (Fsp3) is 0.394. The number of anilines is 1. The number of Topliss-reactive ketones (excluding diaryl/α,β-unsaturated/α-hetero) is 1. The van der Waals surface area contributed by atoms with E-state index in [0.29, 0.717) is 41.5 Å². The van der Waals surface area contributed by atoms with Gasteiger partial charge in [-0.25, -0.2) is 9.78 Å². The van der Waals surface area contributed by atoms with Gasteiger partial charge in [0, 0.05) is 5.56 Å². The Balaban J connectivity index is 1.77. The summed E-state index contributed by atoms with van der Waals surface area (Å²) in [6.07, 6.45) is 2.76. The number of aromatic nitrogens is 1. The van der Waals surface area contributed by atoms with Crippen molar-refractivity contribution in [3.63, 3.8) is 0 Å². The van der Waals surface area contributed by atoms with E-state index in [0.717, 1.165) is 30.6 Å². The minimum absolute atomic E-state index is 0.0799. The average Bonchev–Trinajstić information content (AvgIpc) is 3.51. The summed E-state index contributed by atoms with van der Waals surface area (Å²) in [5.41, 5.74) is 1.24. The van der Waals surface area contributed by atoms with E-state index >= 15 is 0 Å². The van der Waals surface area contributed by atoms with E-state index in [2.05, 4.69) is 11.9 Å². The van der Waals surface area contributed by atoms with Gasteiger partial charge in [0.2, 0.25) is 0 Å². The summed E-state index contributed by atoms with van der Waals surface area (Å²) < 4.78 is 16.8. The number of hydrogen-bond acceptors (Lipinski definition) is 9. The first kappa shape index (κ1) is 31.7. The van der Waals surface area contributed by atoms with Gasteiger partial charge in [-0.05, 0) is 67.6 Å². The van der Waals surface area contributed by atoms with Crippen LogP contribution >= 0.6 is 11.3 Å². The molecule has 0 bridgehead atoms. The molecular formula is C33H38N2O7S. The molecule has 3 aromatic rings. The zero-order chi connectivity index (χ0) is 31.1. The number of hydrogen-bond donors (Lipinski definition) is 1. The van der Waals surface area contributed by atoms with E-state index in [4.69, 9.17) is 14.2 Å². The number of amides is 1. The van der Waals surface area contributed by atoms with Gasteiger partial charge in [-0.3, -0.25) is 14.5 Å². The molecule has 1 aliphatic rings. The van der Waals surface area contributed by atoms with Crippen LogP contribution in [0, 0.1) is 12.8 Å². The van der Waals surface area contributed by atoms with Crippen LogP contribution in [0.5, 0.6) is 11.5 Å². The summed E-state index contributed by atoms with van der Waals surface area (Å²) in [6.45, 7) is 11.0.